The van der Waals surface area contributed by atoms with Crippen molar-refractivity contribution in [2.75, 3.05) is 20.6 Å². The molecule has 0 rings (SSSR count). The van der Waals surface area contributed by atoms with Crippen molar-refractivity contribution in [1.29, 1.82) is 0 Å². The van der Waals surface area contributed by atoms with E-state index in [0.29, 0.717) is 0 Å². The number of hydrogen-bond donors (Lipinski definition) is 0. The average molecular weight is 344 g/mol. The maximum Gasteiger partial charge on any atom is 0.0857 e. The van der Waals surface area contributed by atoms with Crippen molar-refractivity contribution in [3.05, 3.63) is 0 Å². The van der Waals surface area contributed by atoms with Gasteiger partial charge in [-0.05, 0) is 32.6 Å². The van der Waals surface area contributed by atoms with E-state index < -0.39 is 0 Å². The monoisotopic (exact) mass is 343 g/mol. The molecular weight excluding hydrogens is 294 g/mol. The van der Waals surface area contributed by atoms with E-state index in [1.54, 1.807) is 0 Å². The molecule has 1 unspecified atom stereocenters. The van der Waals surface area contributed by atoms with Gasteiger partial charge >= 0.3 is 0 Å². The van der Waals surface area contributed by atoms with Crippen LogP contribution in [0.5, 0.6) is 0 Å². The maximum absolute atomic E-state index is 2.47. The van der Waals surface area contributed by atoms with Crippen LogP contribution >= 0.6 is 0 Å². The van der Waals surface area contributed by atoms with E-state index >= 15 is 0 Å². The highest BCUT2D eigenvalue weighted by Gasteiger charge is 2.22. The van der Waals surface area contributed by atoms with Crippen molar-refractivity contribution in [2.24, 2.45) is 0 Å². The minimum atomic E-state index is 0. The quantitative estimate of drug-likeness (QED) is 0.203. The van der Waals surface area contributed by atoms with Crippen LogP contribution in [0.1, 0.15) is 117 Å². The van der Waals surface area contributed by atoms with Gasteiger partial charge in [0.2, 0.25) is 0 Å². The zero-order valence-corrected chi connectivity index (χ0v) is 17.8. The molecule has 0 saturated heterocycles. The molecule has 2 nitrogen and oxygen atoms in total. The molecule has 0 aromatic heterocycles. The van der Waals surface area contributed by atoms with Crippen LogP contribution in [0.3, 0.4) is 0 Å². The summed E-state index contributed by atoms with van der Waals surface area (Å²) >= 11 is 0. The number of quaternary nitrogens is 1. The topological polar surface area (TPSA) is 30.0 Å². The Labute approximate surface area is 154 Å². The van der Waals surface area contributed by atoms with Crippen molar-refractivity contribution in [3.8, 4) is 0 Å². The molecule has 1 N–H and O–H groups in total. The fourth-order valence-electron chi connectivity index (χ4n) is 3.44. The molecular formula is C22H49NO. The smallest absolute Gasteiger partial charge is 0.0857 e. The third kappa shape index (κ3) is 15.4. The first kappa shape index (κ1) is 26.2. The van der Waals surface area contributed by atoms with Gasteiger partial charge in [0.15, 0.2) is 0 Å². The first-order chi connectivity index (χ1) is 11.0. The van der Waals surface area contributed by atoms with Gasteiger partial charge in [0, 0.05) is 0 Å². The molecule has 148 valence electrons. The van der Waals surface area contributed by atoms with Crippen molar-refractivity contribution in [3.63, 3.8) is 0 Å². The van der Waals surface area contributed by atoms with E-state index in [2.05, 4.69) is 34.9 Å². The van der Waals surface area contributed by atoms with E-state index in [4.69, 9.17) is 0 Å². The highest BCUT2D eigenvalue weighted by molar-refractivity contribution is 4.55. The lowest BCUT2D eigenvalue weighted by molar-refractivity contribution is -0.913. The Balaban J connectivity index is 0. The number of rotatable bonds is 17. The molecule has 0 aromatic rings. The van der Waals surface area contributed by atoms with E-state index in [0.717, 1.165) is 6.04 Å². The summed E-state index contributed by atoms with van der Waals surface area (Å²) in [6, 6.07) is 0.825. The summed E-state index contributed by atoms with van der Waals surface area (Å²) in [5.41, 5.74) is 0. The Bertz CT molecular complexity index is 240. The van der Waals surface area contributed by atoms with Crippen molar-refractivity contribution < 1.29 is 9.96 Å². The lowest BCUT2D eigenvalue weighted by atomic mass is 10.0. The van der Waals surface area contributed by atoms with Crippen molar-refractivity contribution >= 4 is 0 Å². The van der Waals surface area contributed by atoms with Gasteiger partial charge in [-0.25, -0.2) is 0 Å². The van der Waals surface area contributed by atoms with E-state index in [9.17, 15) is 0 Å². The van der Waals surface area contributed by atoms with Crippen LogP contribution in [0.15, 0.2) is 0 Å². The van der Waals surface area contributed by atoms with E-state index in [-0.39, 0.29) is 5.48 Å². The van der Waals surface area contributed by atoms with Crippen LogP contribution in [-0.2, 0) is 0 Å². The van der Waals surface area contributed by atoms with Crippen LogP contribution in [0.25, 0.3) is 0 Å². The highest BCUT2D eigenvalue weighted by atomic mass is 16.0. The fraction of sp³-hybridized carbons (Fsp3) is 1.00. The second-order valence-electron chi connectivity index (χ2n) is 8.38. The molecule has 0 heterocycles. The second kappa shape index (κ2) is 17.7. The molecule has 0 radical (unpaired) electrons. The van der Waals surface area contributed by atoms with E-state index in [1.807, 2.05) is 0 Å². The molecule has 0 saturated carbocycles. The van der Waals surface area contributed by atoms with Gasteiger partial charge in [0.1, 0.15) is 0 Å². The molecule has 1 atom stereocenters. The highest BCUT2D eigenvalue weighted by Crippen LogP contribution is 2.17. The molecule has 0 aliphatic rings. The van der Waals surface area contributed by atoms with Crippen LogP contribution in [0.4, 0.5) is 0 Å². The van der Waals surface area contributed by atoms with Gasteiger partial charge in [-0.3, -0.25) is 0 Å². The van der Waals surface area contributed by atoms with Crippen LogP contribution in [0.2, 0.25) is 0 Å². The number of hydrogen-bond acceptors (Lipinski definition) is 1. The van der Waals surface area contributed by atoms with Gasteiger partial charge in [0.05, 0.1) is 26.7 Å². The van der Waals surface area contributed by atoms with Crippen molar-refractivity contribution in [2.45, 2.75) is 123 Å². The Kier molecular flexibility index (Phi) is 19.3. The molecule has 0 amide bonds. The standard InChI is InChI=1S/C22H48N.H2O/c1-6-8-10-12-14-16-18-20-22(3)23(4,5)21-19-17-15-13-11-9-7-2;/h22H,6-21H2,1-5H3;1H2/q+1;/p-1. The molecule has 0 aliphatic heterocycles. The molecule has 0 aromatic carbocycles. The maximum atomic E-state index is 2.47. The Morgan fingerprint density at radius 1 is 0.583 bits per heavy atom. The summed E-state index contributed by atoms with van der Waals surface area (Å²) in [6.45, 7) is 8.43. The second-order valence-corrected chi connectivity index (χ2v) is 8.38. The summed E-state index contributed by atoms with van der Waals surface area (Å²) in [5.74, 6) is 0. The fourth-order valence-corrected chi connectivity index (χ4v) is 3.44. The first-order valence-electron chi connectivity index (χ1n) is 10.9. The summed E-state index contributed by atoms with van der Waals surface area (Å²) in [7, 11) is 4.89. The first-order valence-corrected chi connectivity index (χ1v) is 10.9. The molecule has 0 spiro atoms. The Morgan fingerprint density at radius 2 is 0.958 bits per heavy atom. The van der Waals surface area contributed by atoms with Gasteiger partial charge in [-0.1, -0.05) is 84.5 Å². The molecule has 24 heavy (non-hydrogen) atoms. The van der Waals surface area contributed by atoms with Crippen LogP contribution < -0.4 is 0 Å². The van der Waals surface area contributed by atoms with Crippen LogP contribution in [-0.4, -0.2) is 36.6 Å². The Morgan fingerprint density at radius 3 is 1.42 bits per heavy atom. The van der Waals surface area contributed by atoms with Gasteiger partial charge in [-0.2, -0.15) is 0 Å². The van der Waals surface area contributed by atoms with Crippen LogP contribution in [0, 0.1) is 0 Å². The van der Waals surface area contributed by atoms with Gasteiger partial charge in [-0.15, -0.1) is 0 Å². The Hall–Kier alpha value is -0.0800. The normalized spacial score (nSPS) is 12.9. The van der Waals surface area contributed by atoms with E-state index in [1.165, 1.54) is 107 Å². The predicted octanol–water partition coefficient (Wildman–Crippen LogP) is 7.17. The molecule has 0 fully saturated rings. The zero-order chi connectivity index (χ0) is 17.4. The summed E-state index contributed by atoms with van der Waals surface area (Å²) in [6.07, 6.45) is 21.5. The van der Waals surface area contributed by atoms with Crippen molar-refractivity contribution in [1.82, 2.24) is 0 Å². The number of nitrogens with zero attached hydrogens (tertiary/aromatic N) is 1. The minimum absolute atomic E-state index is 0. The predicted molar refractivity (Wildman–Crippen MR) is 109 cm³/mol. The third-order valence-corrected chi connectivity index (χ3v) is 5.76. The zero-order valence-electron chi connectivity index (χ0n) is 17.8. The molecule has 0 bridgehead atoms. The summed E-state index contributed by atoms with van der Waals surface area (Å²) < 4.78 is 1.23. The van der Waals surface area contributed by atoms with Gasteiger partial charge in [0.25, 0.3) is 0 Å². The lowest BCUT2D eigenvalue weighted by Crippen LogP contribution is -2.47. The number of unbranched alkanes of at least 4 members (excludes halogenated alkanes) is 12. The third-order valence-electron chi connectivity index (χ3n) is 5.76. The lowest BCUT2D eigenvalue weighted by Gasteiger charge is -2.36. The summed E-state index contributed by atoms with van der Waals surface area (Å²) in [4.78, 5) is 0. The summed E-state index contributed by atoms with van der Waals surface area (Å²) in [5, 5.41) is 0. The van der Waals surface area contributed by atoms with Gasteiger partial charge < -0.3 is 9.96 Å². The molecule has 2 heteroatoms. The molecule has 0 aliphatic carbocycles. The SMILES string of the molecule is CCCCCCCCCC(C)[N+](C)(C)CCCCCCCCC.[OH-]. The average Bonchev–Trinajstić information content (AvgIpc) is 2.53. The minimum Gasteiger partial charge on any atom is -0.870 e. The largest absolute Gasteiger partial charge is 0.870 e.